The van der Waals surface area contributed by atoms with Gasteiger partial charge in [-0.25, -0.2) is 4.99 Å². The molecule has 1 aliphatic rings. The lowest BCUT2D eigenvalue weighted by molar-refractivity contribution is 0.0257. The number of piperidine rings is 1. The van der Waals surface area contributed by atoms with Crippen LogP contribution in [0.1, 0.15) is 81.6 Å². The first-order valence-corrected chi connectivity index (χ1v) is 11.6. The maximum absolute atomic E-state index is 12.8. The number of hydrogen-bond acceptors (Lipinski definition) is 3. The van der Waals surface area contributed by atoms with Crippen molar-refractivity contribution in [3.05, 3.63) is 35.4 Å². The zero-order chi connectivity index (χ0) is 21.8. The van der Waals surface area contributed by atoms with Gasteiger partial charge in [0.1, 0.15) is 0 Å². The lowest BCUT2D eigenvalue weighted by Crippen LogP contribution is -2.47. The van der Waals surface area contributed by atoms with E-state index in [0.29, 0.717) is 19.0 Å². The molecule has 3 N–H and O–H groups in total. The number of amides is 1. The number of nitrogens with zero attached hydrogens (tertiary/aromatic N) is 2. The van der Waals surface area contributed by atoms with E-state index in [9.17, 15) is 9.90 Å². The predicted molar refractivity (Wildman–Crippen MR) is 139 cm³/mol. The van der Waals surface area contributed by atoms with E-state index in [0.717, 1.165) is 69.3 Å². The zero-order valence-corrected chi connectivity index (χ0v) is 21.8. The maximum atomic E-state index is 12.8. The predicted octanol–water partition coefficient (Wildman–Crippen LogP) is 4.32. The number of carbonyl (C=O) groups is 1. The van der Waals surface area contributed by atoms with E-state index in [-0.39, 0.29) is 29.9 Å². The summed E-state index contributed by atoms with van der Waals surface area (Å²) in [7, 11) is 0. The summed E-state index contributed by atoms with van der Waals surface area (Å²) in [6.45, 7) is 9.64. The molecule has 1 aromatic carbocycles. The number of guanidine groups is 1. The SMILES string of the molecule is CCCC(O)(CCC)CNC(=NCc1cccc(C(=O)N2CCCCC2)c1)NCC.I. The van der Waals surface area contributed by atoms with Crippen LogP contribution in [-0.2, 0) is 6.54 Å². The molecule has 0 radical (unpaired) electrons. The molecule has 0 bridgehead atoms. The minimum absolute atomic E-state index is 0. The first-order valence-electron chi connectivity index (χ1n) is 11.6. The Morgan fingerprint density at radius 1 is 1.10 bits per heavy atom. The summed E-state index contributed by atoms with van der Waals surface area (Å²) in [5, 5.41) is 17.4. The van der Waals surface area contributed by atoms with Gasteiger partial charge in [0.2, 0.25) is 0 Å². The van der Waals surface area contributed by atoms with E-state index in [2.05, 4.69) is 29.5 Å². The number of aliphatic imine (C=N–C) groups is 1. The van der Waals surface area contributed by atoms with Crippen molar-refractivity contribution in [1.82, 2.24) is 15.5 Å². The number of halogens is 1. The number of rotatable bonds is 10. The van der Waals surface area contributed by atoms with Gasteiger partial charge in [-0.2, -0.15) is 0 Å². The quantitative estimate of drug-likeness (QED) is 0.233. The van der Waals surface area contributed by atoms with Crippen LogP contribution in [0.4, 0.5) is 0 Å². The van der Waals surface area contributed by atoms with Gasteiger partial charge in [-0.05, 0) is 56.7 Å². The number of hydrogen-bond donors (Lipinski definition) is 3. The number of nitrogens with one attached hydrogen (secondary N) is 2. The molecule has 176 valence electrons. The second-order valence-electron chi connectivity index (χ2n) is 8.33. The van der Waals surface area contributed by atoms with Crippen LogP contribution in [0.25, 0.3) is 0 Å². The topological polar surface area (TPSA) is 77.0 Å². The minimum Gasteiger partial charge on any atom is -0.388 e. The molecule has 0 unspecified atom stereocenters. The second-order valence-corrected chi connectivity index (χ2v) is 8.33. The lowest BCUT2D eigenvalue weighted by atomic mass is 9.93. The minimum atomic E-state index is -0.708. The monoisotopic (exact) mass is 544 g/mol. The van der Waals surface area contributed by atoms with Crippen LogP contribution in [0.15, 0.2) is 29.3 Å². The second kappa shape index (κ2) is 14.7. The van der Waals surface area contributed by atoms with Crippen molar-refractivity contribution < 1.29 is 9.90 Å². The van der Waals surface area contributed by atoms with E-state index in [4.69, 9.17) is 0 Å². The number of carbonyl (C=O) groups excluding carboxylic acids is 1. The summed E-state index contributed by atoms with van der Waals surface area (Å²) in [4.78, 5) is 19.4. The highest BCUT2D eigenvalue weighted by molar-refractivity contribution is 14.0. The van der Waals surface area contributed by atoms with Crippen molar-refractivity contribution in [3.8, 4) is 0 Å². The molecule has 2 rings (SSSR count). The van der Waals surface area contributed by atoms with E-state index in [1.165, 1.54) is 6.42 Å². The fraction of sp³-hybridized carbons (Fsp3) is 0.667. The van der Waals surface area contributed by atoms with Crippen molar-refractivity contribution in [2.45, 2.75) is 77.9 Å². The van der Waals surface area contributed by atoms with E-state index in [1.54, 1.807) is 0 Å². The third kappa shape index (κ3) is 9.35. The highest BCUT2D eigenvalue weighted by Gasteiger charge is 2.25. The Kier molecular flexibility index (Phi) is 13.1. The van der Waals surface area contributed by atoms with Crippen LogP contribution >= 0.6 is 24.0 Å². The smallest absolute Gasteiger partial charge is 0.253 e. The van der Waals surface area contributed by atoms with Gasteiger partial charge >= 0.3 is 0 Å². The number of likely N-dealkylation sites (tertiary alicyclic amines) is 1. The number of benzene rings is 1. The van der Waals surface area contributed by atoms with Crippen molar-refractivity contribution in [2.24, 2.45) is 4.99 Å². The van der Waals surface area contributed by atoms with Crippen LogP contribution in [-0.4, -0.2) is 53.7 Å². The molecule has 0 spiro atoms. The summed E-state index contributed by atoms with van der Waals surface area (Å²) < 4.78 is 0. The van der Waals surface area contributed by atoms with Crippen LogP contribution in [0.3, 0.4) is 0 Å². The average molecular weight is 545 g/mol. The van der Waals surface area contributed by atoms with Gasteiger partial charge < -0.3 is 20.6 Å². The van der Waals surface area contributed by atoms with Crippen molar-refractivity contribution in [3.63, 3.8) is 0 Å². The molecule has 1 fully saturated rings. The van der Waals surface area contributed by atoms with Gasteiger partial charge in [-0.15, -0.1) is 24.0 Å². The van der Waals surface area contributed by atoms with Gasteiger partial charge in [0.15, 0.2) is 5.96 Å². The molecule has 0 atom stereocenters. The standard InChI is InChI=1S/C24H40N4O2.HI/c1-4-13-24(30,14-5-2)19-27-23(25-6-3)26-18-20-11-10-12-21(17-20)22(29)28-15-8-7-9-16-28;/h10-12,17,30H,4-9,13-16,18-19H2,1-3H3,(H2,25,26,27);1H. The Morgan fingerprint density at radius 2 is 1.77 bits per heavy atom. The first-order chi connectivity index (χ1) is 14.5. The molecule has 1 heterocycles. The normalized spacial score (nSPS) is 14.7. The molecule has 0 aromatic heterocycles. The highest BCUT2D eigenvalue weighted by Crippen LogP contribution is 2.18. The number of aliphatic hydroxyl groups is 1. The molecule has 1 aromatic rings. The van der Waals surface area contributed by atoms with Crippen LogP contribution in [0.5, 0.6) is 0 Å². The zero-order valence-electron chi connectivity index (χ0n) is 19.5. The lowest BCUT2D eigenvalue weighted by Gasteiger charge is -2.28. The van der Waals surface area contributed by atoms with Gasteiger partial charge in [-0.3, -0.25) is 4.79 Å². The van der Waals surface area contributed by atoms with Gasteiger partial charge in [-0.1, -0.05) is 38.8 Å². The summed E-state index contributed by atoms with van der Waals surface area (Å²) >= 11 is 0. The van der Waals surface area contributed by atoms with Gasteiger partial charge in [0, 0.05) is 31.7 Å². The molecule has 31 heavy (non-hydrogen) atoms. The molecule has 7 heteroatoms. The average Bonchev–Trinajstić information content (AvgIpc) is 2.76. The molecule has 0 saturated carbocycles. The summed E-state index contributed by atoms with van der Waals surface area (Å²) in [6, 6.07) is 7.78. The van der Waals surface area contributed by atoms with Gasteiger partial charge in [0.25, 0.3) is 5.91 Å². The molecule has 0 aliphatic carbocycles. The Hall–Kier alpha value is -1.35. The third-order valence-corrected chi connectivity index (χ3v) is 5.60. The van der Waals surface area contributed by atoms with E-state index >= 15 is 0 Å². The van der Waals surface area contributed by atoms with Crippen molar-refractivity contribution >= 4 is 35.8 Å². The van der Waals surface area contributed by atoms with Gasteiger partial charge in [0.05, 0.1) is 12.1 Å². The molecule has 1 amide bonds. The van der Waals surface area contributed by atoms with Crippen molar-refractivity contribution in [2.75, 3.05) is 26.2 Å². The Balaban J connectivity index is 0.00000480. The fourth-order valence-corrected chi connectivity index (χ4v) is 4.08. The molecule has 1 saturated heterocycles. The van der Waals surface area contributed by atoms with Crippen LogP contribution in [0.2, 0.25) is 0 Å². The summed E-state index contributed by atoms with van der Waals surface area (Å²) in [5.74, 6) is 0.811. The van der Waals surface area contributed by atoms with E-state index < -0.39 is 5.60 Å². The third-order valence-electron chi connectivity index (χ3n) is 5.60. The Bertz CT molecular complexity index is 684. The van der Waals surface area contributed by atoms with Crippen molar-refractivity contribution in [1.29, 1.82) is 0 Å². The Morgan fingerprint density at radius 3 is 2.39 bits per heavy atom. The fourth-order valence-electron chi connectivity index (χ4n) is 4.08. The molecule has 1 aliphatic heterocycles. The highest BCUT2D eigenvalue weighted by atomic mass is 127. The molecular weight excluding hydrogens is 503 g/mol. The summed E-state index contributed by atoms with van der Waals surface area (Å²) in [5.41, 5.74) is 1.04. The first kappa shape index (κ1) is 27.7. The molecular formula is C24H41IN4O2. The Labute approximate surface area is 205 Å². The summed E-state index contributed by atoms with van der Waals surface area (Å²) in [6.07, 6.45) is 6.84. The largest absolute Gasteiger partial charge is 0.388 e. The maximum Gasteiger partial charge on any atom is 0.253 e. The van der Waals surface area contributed by atoms with E-state index in [1.807, 2.05) is 36.1 Å². The van der Waals surface area contributed by atoms with Crippen LogP contribution < -0.4 is 10.6 Å². The van der Waals surface area contributed by atoms with Crippen LogP contribution in [0, 0.1) is 0 Å². The molecule has 6 nitrogen and oxygen atoms in total.